The molecule has 1 aliphatic rings. The van der Waals surface area contributed by atoms with E-state index in [1.807, 2.05) is 0 Å². The molecule has 0 saturated heterocycles. The zero-order chi connectivity index (χ0) is 11.4. The highest BCUT2D eigenvalue weighted by atomic mass is 16.3. The molecule has 0 atom stereocenters. The summed E-state index contributed by atoms with van der Waals surface area (Å²) in [4.78, 5) is 0. The number of allylic oxidation sites excluding steroid dienone is 2. The molecule has 0 aromatic heterocycles. The van der Waals surface area contributed by atoms with Crippen LogP contribution in [0.2, 0.25) is 0 Å². The van der Waals surface area contributed by atoms with Crippen LogP contribution in [0.1, 0.15) is 44.1 Å². The van der Waals surface area contributed by atoms with Crippen molar-refractivity contribution in [2.24, 2.45) is 0 Å². The number of rotatable bonds is 1. The van der Waals surface area contributed by atoms with Crippen molar-refractivity contribution in [3.05, 3.63) is 29.8 Å². The van der Waals surface area contributed by atoms with Crippen molar-refractivity contribution in [3.8, 4) is 11.5 Å². The highest BCUT2D eigenvalue weighted by molar-refractivity contribution is 5.68. The summed E-state index contributed by atoms with van der Waals surface area (Å²) < 4.78 is 0. The van der Waals surface area contributed by atoms with Crippen LogP contribution in [-0.2, 0) is 0 Å². The van der Waals surface area contributed by atoms with Gasteiger partial charge in [0.15, 0.2) is 0 Å². The summed E-state index contributed by atoms with van der Waals surface area (Å²) in [5.41, 5.74) is 2.21. The molecule has 0 bridgehead atoms. The van der Waals surface area contributed by atoms with Crippen LogP contribution in [0.5, 0.6) is 11.5 Å². The minimum Gasteiger partial charge on any atom is -0.508 e. The Morgan fingerprint density at radius 3 is 2.25 bits per heavy atom. The first-order chi connectivity index (χ1) is 7.75. The summed E-state index contributed by atoms with van der Waals surface area (Å²) in [6, 6.07) is 4.83. The van der Waals surface area contributed by atoms with E-state index < -0.39 is 0 Å². The van der Waals surface area contributed by atoms with E-state index in [9.17, 15) is 10.2 Å². The number of hydrogen-bond donors (Lipinski definition) is 2. The molecule has 0 unspecified atom stereocenters. The van der Waals surface area contributed by atoms with Crippen LogP contribution in [0, 0.1) is 0 Å². The van der Waals surface area contributed by atoms with Gasteiger partial charge in [0.05, 0.1) is 0 Å². The molecule has 2 N–H and O–H groups in total. The smallest absolute Gasteiger partial charge is 0.119 e. The van der Waals surface area contributed by atoms with Crippen LogP contribution >= 0.6 is 0 Å². The summed E-state index contributed by atoms with van der Waals surface area (Å²) in [7, 11) is 0. The molecule has 2 nitrogen and oxygen atoms in total. The van der Waals surface area contributed by atoms with Gasteiger partial charge in [-0.2, -0.15) is 0 Å². The monoisotopic (exact) mass is 218 g/mol. The lowest BCUT2D eigenvalue weighted by Crippen LogP contribution is -1.90. The molecule has 86 valence electrons. The van der Waals surface area contributed by atoms with E-state index in [-0.39, 0.29) is 11.5 Å². The Bertz CT molecular complexity index is 373. The molecule has 0 saturated carbocycles. The number of phenolic OH excluding ortho intramolecular Hbond substituents is 2. The summed E-state index contributed by atoms with van der Waals surface area (Å²) in [6.07, 6.45) is 9.43. The normalized spacial score (nSPS) is 17.4. The van der Waals surface area contributed by atoms with E-state index >= 15 is 0 Å². The first-order valence-electron chi connectivity index (χ1n) is 5.98. The molecule has 0 amide bonds. The lowest BCUT2D eigenvalue weighted by atomic mass is 9.94. The number of aromatic hydroxyl groups is 2. The fourth-order valence-corrected chi connectivity index (χ4v) is 2.23. The Morgan fingerprint density at radius 1 is 0.812 bits per heavy atom. The van der Waals surface area contributed by atoms with Crippen molar-refractivity contribution in [1.82, 2.24) is 0 Å². The van der Waals surface area contributed by atoms with Crippen molar-refractivity contribution in [2.45, 2.75) is 38.5 Å². The lowest BCUT2D eigenvalue weighted by molar-refractivity contribution is 0.450. The predicted octanol–water partition coefficient (Wildman–Crippen LogP) is 3.84. The largest absolute Gasteiger partial charge is 0.508 e. The predicted molar refractivity (Wildman–Crippen MR) is 65.5 cm³/mol. The minimum atomic E-state index is 0.137. The SMILES string of the molecule is Oc1cc(O)cc(C2=CCCCCCC2)c1. The van der Waals surface area contributed by atoms with E-state index in [0.29, 0.717) is 0 Å². The summed E-state index contributed by atoms with van der Waals surface area (Å²) >= 11 is 0. The van der Waals surface area contributed by atoms with Gasteiger partial charge in [0.25, 0.3) is 0 Å². The quantitative estimate of drug-likeness (QED) is 0.752. The minimum absolute atomic E-state index is 0.137. The summed E-state index contributed by atoms with van der Waals surface area (Å²) in [5, 5.41) is 18.9. The van der Waals surface area contributed by atoms with Crippen molar-refractivity contribution < 1.29 is 10.2 Å². The van der Waals surface area contributed by atoms with Crippen LogP contribution < -0.4 is 0 Å². The summed E-state index contributed by atoms with van der Waals surface area (Å²) in [5.74, 6) is 0.274. The maximum Gasteiger partial charge on any atom is 0.119 e. The number of phenols is 2. The Kier molecular flexibility index (Phi) is 3.50. The van der Waals surface area contributed by atoms with Crippen LogP contribution in [0.25, 0.3) is 5.57 Å². The Morgan fingerprint density at radius 2 is 1.50 bits per heavy atom. The fraction of sp³-hybridized carbons (Fsp3) is 0.429. The molecule has 0 spiro atoms. The average Bonchev–Trinajstić information content (AvgIpc) is 2.14. The van der Waals surface area contributed by atoms with E-state index in [4.69, 9.17) is 0 Å². The van der Waals surface area contributed by atoms with Crippen molar-refractivity contribution >= 4 is 5.57 Å². The third-order valence-corrected chi connectivity index (χ3v) is 3.06. The Balaban J connectivity index is 2.26. The highest BCUT2D eigenvalue weighted by Crippen LogP contribution is 2.30. The zero-order valence-corrected chi connectivity index (χ0v) is 9.45. The van der Waals surface area contributed by atoms with Gasteiger partial charge < -0.3 is 10.2 Å². The zero-order valence-electron chi connectivity index (χ0n) is 9.45. The van der Waals surface area contributed by atoms with Crippen molar-refractivity contribution in [2.75, 3.05) is 0 Å². The van der Waals surface area contributed by atoms with Gasteiger partial charge in [-0.3, -0.25) is 0 Å². The number of benzene rings is 1. The van der Waals surface area contributed by atoms with Gasteiger partial charge in [-0.25, -0.2) is 0 Å². The second kappa shape index (κ2) is 5.06. The Hall–Kier alpha value is -1.44. The molecule has 1 aromatic rings. The first-order valence-corrected chi connectivity index (χ1v) is 5.98. The van der Waals surface area contributed by atoms with Crippen LogP contribution in [-0.4, -0.2) is 10.2 Å². The van der Waals surface area contributed by atoms with Gasteiger partial charge in [0.2, 0.25) is 0 Å². The van der Waals surface area contributed by atoms with Gasteiger partial charge in [-0.05, 0) is 49.0 Å². The van der Waals surface area contributed by atoms with Gasteiger partial charge >= 0.3 is 0 Å². The molecule has 0 radical (unpaired) electrons. The van der Waals surface area contributed by atoms with Gasteiger partial charge in [0.1, 0.15) is 11.5 Å². The standard InChI is InChI=1S/C14H18O2/c15-13-8-12(9-14(16)10-13)11-6-4-2-1-3-5-7-11/h6,8-10,15-16H,1-5,7H2. The molecule has 0 fully saturated rings. The molecule has 1 aromatic carbocycles. The average molecular weight is 218 g/mol. The second-order valence-corrected chi connectivity index (χ2v) is 4.42. The van der Waals surface area contributed by atoms with Gasteiger partial charge in [-0.1, -0.05) is 18.9 Å². The molecule has 0 heterocycles. The molecule has 1 aliphatic carbocycles. The molecular formula is C14H18O2. The van der Waals surface area contributed by atoms with E-state index in [0.717, 1.165) is 18.4 Å². The van der Waals surface area contributed by atoms with E-state index in [1.165, 1.54) is 37.3 Å². The highest BCUT2D eigenvalue weighted by Gasteiger charge is 2.07. The van der Waals surface area contributed by atoms with Crippen LogP contribution in [0.3, 0.4) is 0 Å². The lowest BCUT2D eigenvalue weighted by Gasteiger charge is -2.12. The molecule has 2 heteroatoms. The topological polar surface area (TPSA) is 40.5 Å². The van der Waals surface area contributed by atoms with Crippen LogP contribution in [0.15, 0.2) is 24.3 Å². The fourth-order valence-electron chi connectivity index (χ4n) is 2.23. The first kappa shape index (κ1) is 11.1. The van der Waals surface area contributed by atoms with E-state index in [1.54, 1.807) is 12.1 Å². The third kappa shape index (κ3) is 2.78. The van der Waals surface area contributed by atoms with Crippen molar-refractivity contribution in [3.63, 3.8) is 0 Å². The van der Waals surface area contributed by atoms with Gasteiger partial charge in [-0.15, -0.1) is 0 Å². The van der Waals surface area contributed by atoms with Gasteiger partial charge in [0, 0.05) is 6.07 Å². The molecule has 2 rings (SSSR count). The van der Waals surface area contributed by atoms with E-state index in [2.05, 4.69) is 6.08 Å². The van der Waals surface area contributed by atoms with Crippen molar-refractivity contribution in [1.29, 1.82) is 0 Å². The maximum atomic E-state index is 9.46. The molecular weight excluding hydrogens is 200 g/mol. The molecule has 16 heavy (non-hydrogen) atoms. The molecule has 0 aliphatic heterocycles. The Labute approximate surface area is 96.2 Å². The third-order valence-electron chi connectivity index (χ3n) is 3.06. The second-order valence-electron chi connectivity index (χ2n) is 4.42. The number of hydrogen-bond acceptors (Lipinski definition) is 2. The maximum absolute atomic E-state index is 9.46. The van der Waals surface area contributed by atoms with Crippen LogP contribution in [0.4, 0.5) is 0 Å². The summed E-state index contributed by atoms with van der Waals surface area (Å²) in [6.45, 7) is 0.